The largest absolute Gasteiger partial charge is 0.357 e. The van der Waals surface area contributed by atoms with Crippen molar-refractivity contribution in [2.24, 2.45) is 4.99 Å². The Morgan fingerprint density at radius 3 is 2.58 bits per heavy atom. The first kappa shape index (κ1) is 22.7. The maximum absolute atomic E-state index is 11.7. The molecule has 1 rings (SSSR count). The Balaban J connectivity index is 0.00000529. The molecule has 0 bridgehead atoms. The summed E-state index contributed by atoms with van der Waals surface area (Å²) in [5.41, 5.74) is 1.91. The van der Waals surface area contributed by atoms with Crippen LogP contribution in [0.4, 0.5) is 5.69 Å². The molecule has 0 atom stereocenters. The number of amides is 1. The molecule has 1 amide bonds. The minimum atomic E-state index is 0. The summed E-state index contributed by atoms with van der Waals surface area (Å²) in [6.07, 6.45) is 3.69. The fourth-order valence-electron chi connectivity index (χ4n) is 2.09. The molecule has 0 fully saturated rings. The second-order valence-corrected chi connectivity index (χ2v) is 5.47. The van der Waals surface area contributed by atoms with Gasteiger partial charge in [0, 0.05) is 25.2 Å². The van der Waals surface area contributed by atoms with E-state index in [2.05, 4.69) is 34.8 Å². The second-order valence-electron chi connectivity index (χ2n) is 5.47. The molecule has 0 unspecified atom stereocenters. The van der Waals surface area contributed by atoms with E-state index in [0.29, 0.717) is 13.0 Å². The quantitative estimate of drug-likeness (QED) is 0.233. The molecule has 0 aliphatic rings. The number of aliphatic imine (C=N–C) groups is 1. The number of guanidine groups is 1. The Labute approximate surface area is 163 Å². The van der Waals surface area contributed by atoms with Gasteiger partial charge in [-0.1, -0.05) is 32.4 Å². The first-order valence-electron chi connectivity index (χ1n) is 8.60. The highest BCUT2D eigenvalue weighted by Crippen LogP contribution is 2.12. The van der Waals surface area contributed by atoms with Crippen LogP contribution in [-0.4, -0.2) is 25.0 Å². The molecule has 6 heteroatoms. The summed E-state index contributed by atoms with van der Waals surface area (Å²) in [4.78, 5) is 16.3. The summed E-state index contributed by atoms with van der Waals surface area (Å²) in [5.74, 6) is 0.893. The number of benzene rings is 1. The normalized spacial score (nSPS) is 10.7. The molecule has 0 saturated carbocycles. The Hall–Kier alpha value is -1.31. The lowest BCUT2D eigenvalue weighted by Crippen LogP contribution is -2.37. The smallest absolute Gasteiger partial charge is 0.224 e. The molecule has 0 heterocycles. The third kappa shape index (κ3) is 9.75. The first-order valence-corrected chi connectivity index (χ1v) is 8.60. The molecule has 1 aromatic rings. The van der Waals surface area contributed by atoms with Crippen molar-refractivity contribution >= 4 is 41.5 Å². The number of halogens is 1. The Morgan fingerprint density at radius 2 is 1.92 bits per heavy atom. The molecule has 1 aromatic carbocycles. The Bertz CT molecular complexity index is 506. The van der Waals surface area contributed by atoms with E-state index in [1.165, 1.54) is 0 Å². The minimum absolute atomic E-state index is 0. The molecule has 3 N–H and O–H groups in total. The summed E-state index contributed by atoms with van der Waals surface area (Å²) in [7, 11) is 0. The van der Waals surface area contributed by atoms with Gasteiger partial charge < -0.3 is 16.0 Å². The van der Waals surface area contributed by atoms with Crippen molar-refractivity contribution < 1.29 is 4.79 Å². The number of unbranched alkanes of at least 4 members (excludes halogenated alkanes) is 1. The molecule has 0 radical (unpaired) electrons. The van der Waals surface area contributed by atoms with Crippen LogP contribution in [0.2, 0.25) is 0 Å². The number of rotatable bonds is 9. The van der Waals surface area contributed by atoms with Crippen LogP contribution in [0.5, 0.6) is 0 Å². The number of hydrogen-bond donors (Lipinski definition) is 3. The molecular formula is C18H31IN4O. The van der Waals surface area contributed by atoms with Crippen LogP contribution in [0.15, 0.2) is 29.3 Å². The molecule has 0 aliphatic heterocycles. The van der Waals surface area contributed by atoms with Gasteiger partial charge in [0.25, 0.3) is 0 Å². The summed E-state index contributed by atoms with van der Waals surface area (Å²) >= 11 is 0. The van der Waals surface area contributed by atoms with Crippen molar-refractivity contribution in [2.75, 3.05) is 18.4 Å². The van der Waals surface area contributed by atoms with Crippen molar-refractivity contribution in [1.82, 2.24) is 10.6 Å². The third-order valence-electron chi connectivity index (χ3n) is 3.27. The van der Waals surface area contributed by atoms with Gasteiger partial charge in [0.2, 0.25) is 5.91 Å². The van der Waals surface area contributed by atoms with E-state index in [1.807, 2.05) is 31.2 Å². The van der Waals surface area contributed by atoms with Crippen LogP contribution in [0.3, 0.4) is 0 Å². The summed E-state index contributed by atoms with van der Waals surface area (Å²) in [6, 6.07) is 7.86. The molecule has 136 valence electrons. The van der Waals surface area contributed by atoms with E-state index in [-0.39, 0.29) is 29.9 Å². The molecule has 0 aromatic heterocycles. The molecule has 0 saturated heterocycles. The van der Waals surface area contributed by atoms with Gasteiger partial charge in [0.15, 0.2) is 5.96 Å². The van der Waals surface area contributed by atoms with E-state index < -0.39 is 0 Å². The maximum Gasteiger partial charge on any atom is 0.224 e. The van der Waals surface area contributed by atoms with Crippen LogP contribution in [0, 0.1) is 0 Å². The van der Waals surface area contributed by atoms with Crippen LogP contribution < -0.4 is 16.0 Å². The number of nitrogens with one attached hydrogen (secondary N) is 3. The van der Waals surface area contributed by atoms with Crippen molar-refractivity contribution in [1.29, 1.82) is 0 Å². The van der Waals surface area contributed by atoms with Crippen LogP contribution in [-0.2, 0) is 11.3 Å². The van der Waals surface area contributed by atoms with Gasteiger partial charge in [0.1, 0.15) is 0 Å². The summed E-state index contributed by atoms with van der Waals surface area (Å²) < 4.78 is 0. The highest BCUT2D eigenvalue weighted by molar-refractivity contribution is 14.0. The van der Waals surface area contributed by atoms with Crippen molar-refractivity contribution in [3.05, 3.63) is 29.8 Å². The van der Waals surface area contributed by atoms with Gasteiger partial charge in [0.05, 0.1) is 6.54 Å². The minimum Gasteiger partial charge on any atom is -0.357 e. The van der Waals surface area contributed by atoms with Gasteiger partial charge in [-0.3, -0.25) is 4.79 Å². The number of nitrogens with zero attached hydrogens (tertiary/aromatic N) is 1. The zero-order valence-electron chi connectivity index (χ0n) is 15.0. The molecule has 5 nitrogen and oxygen atoms in total. The van der Waals surface area contributed by atoms with Crippen LogP contribution >= 0.6 is 24.0 Å². The average Bonchev–Trinajstić information content (AvgIpc) is 2.53. The monoisotopic (exact) mass is 446 g/mol. The lowest BCUT2D eigenvalue weighted by atomic mass is 10.2. The van der Waals surface area contributed by atoms with E-state index in [4.69, 9.17) is 0 Å². The highest BCUT2D eigenvalue weighted by atomic mass is 127. The summed E-state index contributed by atoms with van der Waals surface area (Å²) in [5, 5.41) is 9.49. The molecule has 0 spiro atoms. The maximum atomic E-state index is 11.7. The number of carbonyl (C=O) groups excluding carboxylic acids is 1. The lowest BCUT2D eigenvalue weighted by molar-refractivity contribution is -0.116. The van der Waals surface area contributed by atoms with Crippen molar-refractivity contribution in [2.45, 2.75) is 53.0 Å². The zero-order valence-corrected chi connectivity index (χ0v) is 17.4. The highest BCUT2D eigenvalue weighted by Gasteiger charge is 2.02. The Morgan fingerprint density at radius 1 is 1.12 bits per heavy atom. The second kappa shape index (κ2) is 14.1. The zero-order chi connectivity index (χ0) is 16.9. The summed E-state index contributed by atoms with van der Waals surface area (Å²) in [6.45, 7) is 8.57. The fourth-order valence-corrected chi connectivity index (χ4v) is 2.09. The van der Waals surface area contributed by atoms with Gasteiger partial charge in [-0.25, -0.2) is 4.99 Å². The predicted octanol–water partition coefficient (Wildman–Crippen LogP) is 3.90. The fraction of sp³-hybridized carbons (Fsp3) is 0.556. The van der Waals surface area contributed by atoms with E-state index in [1.54, 1.807) is 0 Å². The van der Waals surface area contributed by atoms with Gasteiger partial charge >= 0.3 is 0 Å². The molecule has 0 aliphatic carbocycles. The van der Waals surface area contributed by atoms with E-state index in [9.17, 15) is 4.79 Å². The van der Waals surface area contributed by atoms with Crippen LogP contribution in [0.1, 0.15) is 52.0 Å². The third-order valence-corrected chi connectivity index (χ3v) is 3.27. The van der Waals surface area contributed by atoms with Crippen molar-refractivity contribution in [3.63, 3.8) is 0 Å². The van der Waals surface area contributed by atoms with E-state index in [0.717, 1.165) is 49.6 Å². The first-order chi connectivity index (χ1) is 11.2. The topological polar surface area (TPSA) is 65.5 Å². The number of carbonyl (C=O) groups is 1. The predicted molar refractivity (Wildman–Crippen MR) is 113 cm³/mol. The molecular weight excluding hydrogens is 415 g/mol. The van der Waals surface area contributed by atoms with Gasteiger partial charge in [-0.05, 0) is 37.5 Å². The molecule has 24 heavy (non-hydrogen) atoms. The Kier molecular flexibility index (Phi) is 13.3. The lowest BCUT2D eigenvalue weighted by Gasteiger charge is -2.11. The number of anilines is 1. The van der Waals surface area contributed by atoms with Gasteiger partial charge in [-0.15, -0.1) is 24.0 Å². The standard InChI is InChI=1S/C18H30N4O.HI/c1-4-7-12-20-18(19-6-3)21-14-15-10-8-11-16(13-15)22-17(23)9-5-2;/h8,10-11,13H,4-7,9,12,14H2,1-3H3,(H,22,23)(H2,19,20,21);1H. The van der Waals surface area contributed by atoms with Crippen molar-refractivity contribution in [3.8, 4) is 0 Å². The van der Waals surface area contributed by atoms with Gasteiger partial charge in [-0.2, -0.15) is 0 Å². The van der Waals surface area contributed by atoms with Crippen LogP contribution in [0.25, 0.3) is 0 Å². The SMILES string of the molecule is CCCCNC(=NCc1cccc(NC(=O)CCC)c1)NCC.I. The van der Waals surface area contributed by atoms with E-state index >= 15 is 0 Å². The number of hydrogen-bond acceptors (Lipinski definition) is 2. The average molecular weight is 446 g/mol.